The molecule has 1 aromatic rings. The molecule has 0 aliphatic heterocycles. The lowest BCUT2D eigenvalue weighted by molar-refractivity contribution is 0.102. The lowest BCUT2D eigenvalue weighted by atomic mass is 9.97. The summed E-state index contributed by atoms with van der Waals surface area (Å²) in [5.41, 5.74) is 5.05. The summed E-state index contributed by atoms with van der Waals surface area (Å²) in [5.74, 6) is -0.0282. The highest BCUT2D eigenvalue weighted by Gasteiger charge is 2.23. The lowest BCUT2D eigenvalue weighted by Gasteiger charge is -2.04. The third kappa shape index (κ3) is 2.15. The summed E-state index contributed by atoms with van der Waals surface area (Å²) in [7, 11) is 0. The van der Waals surface area contributed by atoms with Crippen LogP contribution in [-0.4, -0.2) is 11.6 Å². The van der Waals surface area contributed by atoms with E-state index >= 15 is 0 Å². The first kappa shape index (κ1) is 12.7. The molecule has 0 N–H and O–H groups in total. The highest BCUT2D eigenvalue weighted by Crippen LogP contribution is 2.31. The van der Waals surface area contributed by atoms with Crippen molar-refractivity contribution in [3.63, 3.8) is 0 Å². The number of allylic oxidation sites excluding steroid dienone is 2. The van der Waals surface area contributed by atoms with Gasteiger partial charge >= 0.3 is 0 Å². The molecule has 0 spiro atoms. The molecular formula is C15H14O2S. The molecule has 0 unspecified atom stereocenters. The monoisotopic (exact) mass is 258 g/mol. The van der Waals surface area contributed by atoms with Crippen molar-refractivity contribution < 1.29 is 9.59 Å². The number of hydrogen-bond acceptors (Lipinski definition) is 3. The van der Waals surface area contributed by atoms with Gasteiger partial charge in [0.15, 0.2) is 11.6 Å². The average Bonchev–Trinajstić information content (AvgIpc) is 2.66. The van der Waals surface area contributed by atoms with Gasteiger partial charge in [-0.1, -0.05) is 6.58 Å². The van der Waals surface area contributed by atoms with Gasteiger partial charge in [0, 0.05) is 23.3 Å². The Morgan fingerprint density at radius 3 is 2.72 bits per heavy atom. The Balaban J connectivity index is 2.65. The molecule has 2 rings (SSSR count). The Morgan fingerprint density at radius 1 is 1.39 bits per heavy atom. The highest BCUT2D eigenvalue weighted by molar-refractivity contribution is 7.14. The average molecular weight is 258 g/mol. The molecule has 0 amide bonds. The summed E-state index contributed by atoms with van der Waals surface area (Å²) < 4.78 is 0. The molecule has 1 aromatic heterocycles. The molecule has 1 aliphatic rings. The summed E-state index contributed by atoms with van der Waals surface area (Å²) in [5, 5.41) is 0. The maximum Gasteiger partial charge on any atom is 0.190 e. The van der Waals surface area contributed by atoms with E-state index in [4.69, 9.17) is 0 Å². The lowest BCUT2D eigenvalue weighted by Crippen LogP contribution is -2.05. The Morgan fingerprint density at radius 2 is 2.06 bits per heavy atom. The first-order valence-corrected chi connectivity index (χ1v) is 6.59. The van der Waals surface area contributed by atoms with Crippen molar-refractivity contribution in [1.29, 1.82) is 0 Å². The second-order valence-electron chi connectivity index (χ2n) is 4.33. The third-order valence-electron chi connectivity index (χ3n) is 2.96. The Kier molecular flexibility index (Phi) is 3.46. The minimum Gasteiger partial charge on any atom is -0.294 e. The molecule has 2 nitrogen and oxygen atoms in total. The fraction of sp³-hybridized carbons (Fsp3) is 0.267. The summed E-state index contributed by atoms with van der Waals surface area (Å²) in [6, 6.07) is 0. The van der Waals surface area contributed by atoms with Crippen LogP contribution in [0, 0.1) is 6.92 Å². The van der Waals surface area contributed by atoms with E-state index in [0.29, 0.717) is 28.9 Å². The Hall–Kier alpha value is -1.70. The van der Waals surface area contributed by atoms with Gasteiger partial charge in [0.2, 0.25) is 0 Å². The van der Waals surface area contributed by atoms with E-state index in [0.717, 1.165) is 10.4 Å². The molecule has 0 atom stereocenters. The van der Waals surface area contributed by atoms with Crippen molar-refractivity contribution in [2.75, 3.05) is 0 Å². The molecule has 0 saturated heterocycles. The van der Waals surface area contributed by atoms with E-state index in [-0.39, 0.29) is 11.6 Å². The molecule has 0 saturated carbocycles. The molecule has 18 heavy (non-hydrogen) atoms. The van der Waals surface area contributed by atoms with Gasteiger partial charge in [-0.15, -0.1) is 17.1 Å². The minimum absolute atomic E-state index is 0.0139. The van der Waals surface area contributed by atoms with Crippen LogP contribution >= 0.6 is 11.3 Å². The quantitative estimate of drug-likeness (QED) is 0.437. The minimum atomic E-state index is -0.0420. The molecular weight excluding hydrogens is 244 g/mol. The molecule has 3 heteroatoms. The van der Waals surface area contributed by atoms with Crippen LogP contribution in [0.5, 0.6) is 0 Å². The smallest absolute Gasteiger partial charge is 0.190 e. The Bertz CT molecular complexity index is 611. The van der Waals surface area contributed by atoms with Crippen LogP contribution in [0.15, 0.2) is 30.0 Å². The summed E-state index contributed by atoms with van der Waals surface area (Å²) in [6.45, 7) is 7.19. The maximum atomic E-state index is 12.3. The predicted octanol–water partition coefficient (Wildman–Crippen LogP) is 3.66. The molecule has 0 radical (unpaired) electrons. The number of rotatable bonds is 1. The van der Waals surface area contributed by atoms with Crippen molar-refractivity contribution in [3.05, 3.63) is 50.9 Å². The van der Waals surface area contributed by atoms with E-state index in [1.54, 1.807) is 0 Å². The van der Waals surface area contributed by atoms with E-state index < -0.39 is 0 Å². The van der Waals surface area contributed by atoms with Crippen LogP contribution < -0.4 is 0 Å². The zero-order valence-corrected chi connectivity index (χ0v) is 11.3. The number of carbonyl (C=O) groups excluding carboxylic acids is 2. The van der Waals surface area contributed by atoms with Gasteiger partial charge < -0.3 is 0 Å². The largest absolute Gasteiger partial charge is 0.294 e. The second-order valence-corrected chi connectivity index (χ2v) is 5.43. The van der Waals surface area contributed by atoms with Crippen LogP contribution in [0.4, 0.5) is 0 Å². The second kappa shape index (κ2) is 4.89. The van der Waals surface area contributed by atoms with E-state index in [1.807, 2.05) is 19.1 Å². The SMILES string of the molecule is C=C1CC=C=CCc2sc(C(C)=O)c(C)c2C1=O. The zero-order valence-electron chi connectivity index (χ0n) is 10.5. The van der Waals surface area contributed by atoms with Gasteiger partial charge in [0.1, 0.15) is 0 Å². The number of carbonyl (C=O) groups is 2. The van der Waals surface area contributed by atoms with Crippen LogP contribution in [0.2, 0.25) is 0 Å². The molecule has 92 valence electrons. The van der Waals surface area contributed by atoms with Crippen LogP contribution in [0.25, 0.3) is 0 Å². The normalized spacial score (nSPS) is 15.0. The maximum absolute atomic E-state index is 12.3. The first-order valence-electron chi connectivity index (χ1n) is 5.77. The van der Waals surface area contributed by atoms with Crippen LogP contribution in [0.3, 0.4) is 0 Å². The Labute approximate surface area is 110 Å². The third-order valence-corrected chi connectivity index (χ3v) is 4.37. The molecule has 0 fully saturated rings. The van der Waals surface area contributed by atoms with Crippen molar-refractivity contribution in [3.8, 4) is 0 Å². The van der Waals surface area contributed by atoms with Gasteiger partial charge in [-0.3, -0.25) is 9.59 Å². The van der Waals surface area contributed by atoms with Crippen LogP contribution in [-0.2, 0) is 6.42 Å². The van der Waals surface area contributed by atoms with Crippen molar-refractivity contribution >= 4 is 22.9 Å². The zero-order chi connectivity index (χ0) is 13.3. The topological polar surface area (TPSA) is 34.1 Å². The van der Waals surface area contributed by atoms with Gasteiger partial charge in [-0.2, -0.15) is 0 Å². The van der Waals surface area contributed by atoms with E-state index in [2.05, 4.69) is 12.3 Å². The van der Waals surface area contributed by atoms with Gasteiger partial charge in [0.05, 0.1) is 4.88 Å². The molecule has 0 aromatic carbocycles. The summed E-state index contributed by atoms with van der Waals surface area (Å²) in [6.07, 6.45) is 4.87. The van der Waals surface area contributed by atoms with E-state index in [1.165, 1.54) is 18.3 Å². The predicted molar refractivity (Wildman–Crippen MR) is 73.5 cm³/mol. The summed E-state index contributed by atoms with van der Waals surface area (Å²) >= 11 is 1.41. The number of thiophene rings is 1. The van der Waals surface area contributed by atoms with Gasteiger partial charge in [0.25, 0.3) is 0 Å². The molecule has 1 aliphatic carbocycles. The number of ketones is 2. The number of Topliss-reactive ketones (excluding diaryl/α,β-unsaturated/α-hetero) is 2. The first-order chi connectivity index (χ1) is 8.52. The van der Waals surface area contributed by atoms with Crippen LogP contribution in [0.1, 0.15) is 43.8 Å². The van der Waals surface area contributed by atoms with Gasteiger partial charge in [-0.05, 0) is 37.1 Å². The van der Waals surface area contributed by atoms with Crippen molar-refractivity contribution in [1.82, 2.24) is 0 Å². The number of fused-ring (bicyclic) bond motifs is 1. The van der Waals surface area contributed by atoms with Crippen molar-refractivity contribution in [2.45, 2.75) is 26.7 Å². The molecule has 0 bridgehead atoms. The number of hydrogen-bond donors (Lipinski definition) is 0. The van der Waals surface area contributed by atoms with Gasteiger partial charge in [-0.25, -0.2) is 0 Å². The van der Waals surface area contributed by atoms with E-state index in [9.17, 15) is 9.59 Å². The summed E-state index contributed by atoms with van der Waals surface area (Å²) in [4.78, 5) is 25.5. The fourth-order valence-corrected chi connectivity index (χ4v) is 3.20. The standard InChI is InChI=1S/C15H14O2S/c1-9-7-5-4-6-8-12-13(14(9)17)10(2)15(18-12)11(3)16/h5-6H,1,7-8H2,2-3H3. The van der Waals surface area contributed by atoms with Crippen molar-refractivity contribution in [2.24, 2.45) is 0 Å². The fourth-order valence-electron chi connectivity index (χ4n) is 2.04. The highest BCUT2D eigenvalue weighted by atomic mass is 32.1. The molecule has 1 heterocycles.